The number of nitrogens with zero attached hydrogens (tertiary/aromatic N) is 5. The Bertz CT molecular complexity index is 3860. The van der Waals surface area contributed by atoms with Crippen LogP contribution in [0.25, 0.3) is 100 Å². The number of hydrogen-bond donors (Lipinski definition) is 0. The van der Waals surface area contributed by atoms with Gasteiger partial charge in [0.15, 0.2) is 17.5 Å². The van der Waals surface area contributed by atoms with Crippen LogP contribution < -0.4 is 0 Å². The van der Waals surface area contributed by atoms with E-state index in [1.165, 1.54) is 34.4 Å². The fourth-order valence-corrected chi connectivity index (χ4v) is 10.6. The lowest BCUT2D eigenvalue weighted by Gasteiger charge is -2.22. The Hall–Kier alpha value is -7.84. The first-order valence-corrected chi connectivity index (χ1v) is 26.2. The van der Waals surface area contributed by atoms with Gasteiger partial charge in [-0.15, -0.1) is 0 Å². The van der Waals surface area contributed by atoms with E-state index in [1.54, 1.807) is 6.07 Å². The summed E-state index contributed by atoms with van der Waals surface area (Å²) < 4.78 is 51.1. The number of halogens is 3. The number of fused-ring (bicyclic) bond motifs is 6. The molecule has 0 unspecified atom stereocenters. The Balaban J connectivity index is 1.29. The second-order valence-electron chi connectivity index (χ2n) is 24.6. The highest BCUT2D eigenvalue weighted by atomic mass is 19.4. The highest BCUT2D eigenvalue weighted by molar-refractivity contribution is 6.12. The minimum Gasteiger partial charge on any atom is -0.309 e. The molecule has 0 aliphatic carbocycles. The van der Waals surface area contributed by atoms with E-state index in [4.69, 9.17) is 15.0 Å². The fraction of sp³-hybridized carbons (Fsp3) is 0.250. The van der Waals surface area contributed by atoms with Crippen molar-refractivity contribution in [1.29, 1.82) is 0 Å². The predicted molar refractivity (Wildman–Crippen MR) is 310 cm³/mol. The molecule has 0 aliphatic heterocycles. The van der Waals surface area contributed by atoms with Gasteiger partial charge in [-0.2, -0.15) is 13.2 Å². The predicted octanol–water partition coefficient (Wildman–Crippen LogP) is 18.9. The molecular formula is C68H64F3N5. The summed E-state index contributed by atoms with van der Waals surface area (Å²) in [7, 11) is 0. The number of aromatic nitrogens is 5. The lowest BCUT2D eigenvalue weighted by molar-refractivity contribution is -0.137. The minimum absolute atomic E-state index is 0.144. The molecule has 0 fully saturated rings. The van der Waals surface area contributed by atoms with Gasteiger partial charge in [-0.05, 0) is 129 Å². The molecule has 5 nitrogen and oxygen atoms in total. The summed E-state index contributed by atoms with van der Waals surface area (Å²) in [5.74, 6) is 1.36. The monoisotopic (exact) mass is 1010 g/mol. The second-order valence-corrected chi connectivity index (χ2v) is 24.6. The first-order chi connectivity index (χ1) is 35.8. The third-order valence-corrected chi connectivity index (χ3v) is 15.0. The zero-order valence-corrected chi connectivity index (χ0v) is 45.5. The van der Waals surface area contributed by atoms with Crippen molar-refractivity contribution in [3.8, 4) is 56.7 Å². The molecule has 0 amide bonds. The van der Waals surface area contributed by atoms with Gasteiger partial charge in [0.05, 0.1) is 39.0 Å². The first-order valence-electron chi connectivity index (χ1n) is 26.2. The van der Waals surface area contributed by atoms with Gasteiger partial charge >= 0.3 is 6.18 Å². The van der Waals surface area contributed by atoms with E-state index in [0.717, 1.165) is 54.7 Å². The molecule has 3 aromatic heterocycles. The van der Waals surface area contributed by atoms with Gasteiger partial charge in [0.25, 0.3) is 0 Å². The van der Waals surface area contributed by atoms with E-state index >= 15 is 13.2 Å². The summed E-state index contributed by atoms with van der Waals surface area (Å²) in [6, 6.07) is 56.2. The van der Waals surface area contributed by atoms with Crippen LogP contribution in [0.15, 0.2) is 170 Å². The summed E-state index contributed by atoms with van der Waals surface area (Å²) in [5.41, 5.74) is 11.6. The summed E-state index contributed by atoms with van der Waals surface area (Å²) in [4.78, 5) is 15.3. The van der Waals surface area contributed by atoms with Crippen molar-refractivity contribution in [1.82, 2.24) is 24.1 Å². The van der Waals surface area contributed by atoms with E-state index in [-0.39, 0.29) is 21.7 Å². The van der Waals surface area contributed by atoms with Crippen LogP contribution in [0.1, 0.15) is 111 Å². The zero-order valence-electron chi connectivity index (χ0n) is 45.5. The van der Waals surface area contributed by atoms with Gasteiger partial charge < -0.3 is 9.13 Å². The molecule has 0 spiro atoms. The molecule has 0 radical (unpaired) electrons. The molecule has 382 valence electrons. The third kappa shape index (κ3) is 9.05. The smallest absolute Gasteiger partial charge is 0.309 e. The topological polar surface area (TPSA) is 48.5 Å². The molecule has 0 atom stereocenters. The molecule has 11 rings (SSSR count). The molecule has 0 aliphatic rings. The Morgan fingerprint density at radius 3 is 0.934 bits per heavy atom. The molecular weight excluding hydrogens is 944 g/mol. The minimum atomic E-state index is -4.65. The van der Waals surface area contributed by atoms with Crippen LogP contribution in [0, 0.1) is 0 Å². The molecule has 8 heteroatoms. The molecule has 3 heterocycles. The quantitative estimate of drug-likeness (QED) is 0.167. The van der Waals surface area contributed by atoms with Crippen LogP contribution in [-0.2, 0) is 27.8 Å². The summed E-state index contributed by atoms with van der Waals surface area (Å²) in [5, 5.41) is 4.20. The van der Waals surface area contributed by atoms with Gasteiger partial charge in [0.2, 0.25) is 0 Å². The maximum absolute atomic E-state index is 15.6. The van der Waals surface area contributed by atoms with Crippen LogP contribution in [-0.4, -0.2) is 24.1 Å². The maximum atomic E-state index is 15.6. The number of benzene rings is 8. The van der Waals surface area contributed by atoms with E-state index in [0.29, 0.717) is 45.5 Å². The van der Waals surface area contributed by atoms with Gasteiger partial charge in [-0.3, -0.25) is 0 Å². The second kappa shape index (κ2) is 17.9. The Labute approximate surface area is 444 Å². The van der Waals surface area contributed by atoms with Crippen LogP contribution in [0.5, 0.6) is 0 Å². The van der Waals surface area contributed by atoms with E-state index in [9.17, 15) is 0 Å². The van der Waals surface area contributed by atoms with E-state index < -0.39 is 11.7 Å². The molecule has 8 aromatic carbocycles. The average molecular weight is 1010 g/mol. The number of hydrogen-bond acceptors (Lipinski definition) is 3. The summed E-state index contributed by atoms with van der Waals surface area (Å²) in [6.45, 7) is 26.5. The lowest BCUT2D eigenvalue weighted by Crippen LogP contribution is -2.11. The Morgan fingerprint density at radius 1 is 0.303 bits per heavy atom. The van der Waals surface area contributed by atoms with E-state index in [2.05, 4.69) is 165 Å². The van der Waals surface area contributed by atoms with Crippen molar-refractivity contribution in [3.05, 3.63) is 198 Å². The fourth-order valence-electron chi connectivity index (χ4n) is 10.6. The van der Waals surface area contributed by atoms with Crippen molar-refractivity contribution in [2.45, 2.75) is 111 Å². The molecule has 0 bridgehead atoms. The molecule has 76 heavy (non-hydrogen) atoms. The molecule has 0 saturated heterocycles. The Kier molecular flexibility index (Phi) is 11.9. The summed E-state index contributed by atoms with van der Waals surface area (Å²) in [6.07, 6.45) is -4.65. The van der Waals surface area contributed by atoms with Crippen molar-refractivity contribution < 1.29 is 13.2 Å². The molecule has 0 saturated carbocycles. The van der Waals surface area contributed by atoms with E-state index in [1.807, 2.05) is 78.9 Å². The maximum Gasteiger partial charge on any atom is 0.416 e. The van der Waals surface area contributed by atoms with Gasteiger partial charge in [0.1, 0.15) is 0 Å². The zero-order chi connectivity index (χ0) is 53.9. The van der Waals surface area contributed by atoms with Gasteiger partial charge in [0, 0.05) is 49.4 Å². The number of alkyl halides is 3. The largest absolute Gasteiger partial charge is 0.416 e. The van der Waals surface area contributed by atoms with Crippen molar-refractivity contribution in [2.75, 3.05) is 0 Å². The number of rotatable bonds is 6. The molecule has 0 N–H and O–H groups in total. The van der Waals surface area contributed by atoms with Crippen LogP contribution >= 0.6 is 0 Å². The lowest BCUT2D eigenvalue weighted by atomic mass is 9.85. The molecule has 11 aromatic rings. The normalized spacial score (nSPS) is 12.9. The highest BCUT2D eigenvalue weighted by Crippen LogP contribution is 2.46. The SMILES string of the molecule is CC(C)(C)c1ccc2c(c1)c1cc(C(C)(C)C)ccc1n2-c1ccc(-c2nc(-c3ccccc3)nc(-c3ccccc3)n2)cc1-c1cc(C(F)(F)F)ccc1-n1c2ccc(C(C)(C)C)cc2c2cc(C(C)(C)C)ccc21. The van der Waals surface area contributed by atoms with Crippen molar-refractivity contribution in [2.24, 2.45) is 0 Å². The van der Waals surface area contributed by atoms with Gasteiger partial charge in [-0.1, -0.05) is 168 Å². The first kappa shape index (κ1) is 50.3. The average Bonchev–Trinajstić information content (AvgIpc) is 3.94. The van der Waals surface area contributed by atoms with Crippen LogP contribution in [0.2, 0.25) is 0 Å². The van der Waals surface area contributed by atoms with Gasteiger partial charge in [-0.25, -0.2) is 15.0 Å². The van der Waals surface area contributed by atoms with Crippen molar-refractivity contribution in [3.63, 3.8) is 0 Å². The van der Waals surface area contributed by atoms with Crippen LogP contribution in [0.3, 0.4) is 0 Å². The third-order valence-electron chi connectivity index (χ3n) is 15.0. The van der Waals surface area contributed by atoms with Crippen molar-refractivity contribution >= 4 is 43.6 Å². The van der Waals surface area contributed by atoms with Crippen LogP contribution in [0.4, 0.5) is 13.2 Å². The standard InChI is InChI=1S/C68H64F3N5/c1-64(2,3)44-24-30-56-50(36-44)51-37-45(65(4,5)6)25-31-57(51)75(56)55-29-23-43(63-73-61(41-19-15-13-16-20-41)72-62(74-63)42-21-17-14-18-22-42)35-49(55)54-40-48(68(69,70)71)28-34-60(54)76-58-32-26-46(66(7,8)9)38-52(58)53-39-47(67(10,11)12)27-33-59(53)76/h13-40H,1-12H3. The Morgan fingerprint density at radius 2 is 0.605 bits per heavy atom. The summed E-state index contributed by atoms with van der Waals surface area (Å²) >= 11 is 0. The highest BCUT2D eigenvalue weighted by Gasteiger charge is 2.33.